The van der Waals surface area contributed by atoms with E-state index < -0.39 is 28.6 Å². The lowest BCUT2D eigenvalue weighted by atomic mass is 9.62. The van der Waals surface area contributed by atoms with E-state index in [2.05, 4.69) is 21.2 Å². The van der Waals surface area contributed by atoms with Gasteiger partial charge in [0.1, 0.15) is 5.69 Å². The van der Waals surface area contributed by atoms with Crippen molar-refractivity contribution < 1.29 is 13.6 Å². The Morgan fingerprint density at radius 1 is 1.45 bits per heavy atom. The molecule has 0 spiro atoms. The van der Waals surface area contributed by atoms with Crippen molar-refractivity contribution in [3.8, 4) is 0 Å². The molecule has 1 fully saturated rings. The Morgan fingerprint density at radius 2 is 1.95 bits per heavy atom. The molecule has 1 aromatic carbocycles. The number of hydrogen-bond acceptors (Lipinski definition) is 2. The zero-order valence-electron chi connectivity index (χ0n) is 10.7. The number of nitrogens with two attached hydrogens (primary N) is 1. The molecule has 3 N–H and O–H groups in total. The lowest BCUT2D eigenvalue weighted by Gasteiger charge is -2.44. The van der Waals surface area contributed by atoms with Gasteiger partial charge < -0.3 is 11.1 Å². The average molecular weight is 363 g/mol. The van der Waals surface area contributed by atoms with Crippen LogP contribution in [-0.2, 0) is 4.79 Å². The van der Waals surface area contributed by atoms with Gasteiger partial charge in [-0.1, -0.05) is 35.1 Å². The van der Waals surface area contributed by atoms with E-state index in [0.717, 1.165) is 12.1 Å². The van der Waals surface area contributed by atoms with Gasteiger partial charge in [0.05, 0.1) is 10.4 Å². The summed E-state index contributed by atoms with van der Waals surface area (Å²) in [5.41, 5.74) is 4.15. The molecule has 1 aliphatic carbocycles. The number of carbonyl (C=O) groups excluding carboxylic acids is 1. The quantitative estimate of drug-likeness (QED) is 0.810. The van der Waals surface area contributed by atoms with Crippen LogP contribution in [0.4, 0.5) is 14.5 Å². The highest BCUT2D eigenvalue weighted by Crippen LogP contribution is 2.46. The standard InChI is InChI=1S/C13H13BrF2N2OS/c1-6-4-13(5-6,11(17)20)12(19)18-10-8(15)2-7(14)3-9(10)16/h2-3,6H,4-5H2,1H3,(H2,17,20)(H,18,19). The molecule has 0 bridgehead atoms. The van der Waals surface area contributed by atoms with Gasteiger partial charge in [0.25, 0.3) is 0 Å². The Bertz CT molecular complexity index is 565. The summed E-state index contributed by atoms with van der Waals surface area (Å²) in [6, 6.07) is 2.16. The zero-order valence-corrected chi connectivity index (χ0v) is 13.1. The van der Waals surface area contributed by atoms with Crippen LogP contribution in [0.5, 0.6) is 0 Å². The smallest absolute Gasteiger partial charge is 0.237 e. The first-order valence-corrected chi connectivity index (χ1v) is 7.22. The molecule has 1 amide bonds. The highest BCUT2D eigenvalue weighted by atomic mass is 79.9. The zero-order chi connectivity index (χ0) is 15.1. The minimum atomic E-state index is -0.999. The van der Waals surface area contributed by atoms with Gasteiger partial charge in [0.2, 0.25) is 5.91 Å². The number of rotatable bonds is 3. The molecular weight excluding hydrogens is 350 g/mol. The van der Waals surface area contributed by atoms with Gasteiger partial charge in [0.15, 0.2) is 11.6 Å². The van der Waals surface area contributed by atoms with Crippen molar-refractivity contribution in [3.63, 3.8) is 0 Å². The van der Waals surface area contributed by atoms with Crippen molar-refractivity contribution in [2.24, 2.45) is 17.1 Å². The number of benzene rings is 1. The number of hydrogen-bond donors (Lipinski definition) is 2. The monoisotopic (exact) mass is 362 g/mol. The van der Waals surface area contributed by atoms with Crippen LogP contribution < -0.4 is 11.1 Å². The molecule has 0 radical (unpaired) electrons. The fraction of sp³-hybridized carbons (Fsp3) is 0.385. The van der Waals surface area contributed by atoms with Gasteiger partial charge in [0, 0.05) is 4.47 Å². The first-order valence-electron chi connectivity index (χ1n) is 6.02. The van der Waals surface area contributed by atoms with E-state index in [1.54, 1.807) is 0 Å². The van der Waals surface area contributed by atoms with Crippen LogP contribution in [0.25, 0.3) is 0 Å². The lowest BCUT2D eigenvalue weighted by molar-refractivity contribution is -0.127. The van der Waals surface area contributed by atoms with Crippen molar-refractivity contribution in [2.75, 3.05) is 5.32 Å². The first-order chi connectivity index (χ1) is 9.26. The van der Waals surface area contributed by atoms with E-state index >= 15 is 0 Å². The Labute approximate surface area is 129 Å². The van der Waals surface area contributed by atoms with E-state index in [-0.39, 0.29) is 9.46 Å². The third-order valence-electron chi connectivity index (χ3n) is 3.55. The molecule has 0 atom stereocenters. The van der Waals surface area contributed by atoms with Crippen LogP contribution in [0.1, 0.15) is 19.8 Å². The van der Waals surface area contributed by atoms with E-state index in [0.29, 0.717) is 18.8 Å². The number of carbonyl (C=O) groups is 1. The van der Waals surface area contributed by atoms with E-state index in [9.17, 15) is 13.6 Å². The van der Waals surface area contributed by atoms with E-state index in [4.69, 9.17) is 18.0 Å². The van der Waals surface area contributed by atoms with Crippen molar-refractivity contribution in [3.05, 3.63) is 28.2 Å². The summed E-state index contributed by atoms with van der Waals surface area (Å²) in [6.07, 6.45) is 0.988. The second kappa shape index (κ2) is 5.37. The third kappa shape index (κ3) is 2.56. The predicted octanol–water partition coefficient (Wildman–Crippen LogP) is 3.37. The minimum Gasteiger partial charge on any atom is -0.392 e. The summed E-state index contributed by atoms with van der Waals surface area (Å²) < 4.78 is 27.7. The maximum atomic E-state index is 13.7. The van der Waals surface area contributed by atoms with Crippen LogP contribution in [0.3, 0.4) is 0 Å². The average Bonchev–Trinajstić information content (AvgIpc) is 2.28. The number of halogens is 3. The summed E-state index contributed by atoms with van der Waals surface area (Å²) in [5, 5.41) is 2.27. The maximum Gasteiger partial charge on any atom is 0.237 e. The SMILES string of the molecule is CC1CC(C(=O)Nc2c(F)cc(Br)cc2F)(C(N)=S)C1. The number of thiocarbonyl (C=S) groups is 1. The van der Waals surface area contributed by atoms with Crippen LogP contribution in [0, 0.1) is 23.0 Å². The molecule has 0 aliphatic heterocycles. The van der Waals surface area contributed by atoms with Crippen molar-refractivity contribution >= 4 is 44.7 Å². The maximum absolute atomic E-state index is 13.7. The van der Waals surface area contributed by atoms with Gasteiger partial charge in [-0.3, -0.25) is 4.79 Å². The van der Waals surface area contributed by atoms with Crippen molar-refractivity contribution in [1.82, 2.24) is 0 Å². The Balaban J connectivity index is 2.26. The molecule has 1 aromatic rings. The van der Waals surface area contributed by atoms with Gasteiger partial charge in [-0.15, -0.1) is 0 Å². The van der Waals surface area contributed by atoms with Crippen LogP contribution in [0.2, 0.25) is 0 Å². The summed E-state index contributed by atoms with van der Waals surface area (Å²) in [6.45, 7) is 1.96. The van der Waals surface area contributed by atoms with E-state index in [1.165, 1.54) is 0 Å². The second-order valence-electron chi connectivity index (χ2n) is 5.16. The fourth-order valence-electron chi connectivity index (χ4n) is 2.52. The summed E-state index contributed by atoms with van der Waals surface area (Å²) in [4.78, 5) is 12.3. The van der Waals surface area contributed by atoms with E-state index in [1.807, 2.05) is 6.92 Å². The molecule has 1 saturated carbocycles. The second-order valence-corrected chi connectivity index (χ2v) is 6.51. The molecule has 2 rings (SSSR count). The Hall–Kier alpha value is -1.08. The van der Waals surface area contributed by atoms with Gasteiger partial charge in [-0.05, 0) is 30.9 Å². The first kappa shape index (κ1) is 15.3. The highest BCUT2D eigenvalue weighted by Gasteiger charge is 2.51. The molecule has 1 aliphatic rings. The summed E-state index contributed by atoms with van der Waals surface area (Å²) >= 11 is 7.91. The third-order valence-corrected chi connectivity index (χ3v) is 4.39. The number of nitrogens with one attached hydrogen (secondary N) is 1. The van der Waals surface area contributed by atoms with Gasteiger partial charge in [-0.25, -0.2) is 8.78 Å². The molecule has 0 aromatic heterocycles. The molecule has 0 unspecified atom stereocenters. The summed E-state index contributed by atoms with van der Waals surface area (Å²) in [7, 11) is 0. The highest BCUT2D eigenvalue weighted by molar-refractivity contribution is 9.10. The fourth-order valence-corrected chi connectivity index (χ4v) is 3.18. The molecule has 7 heteroatoms. The van der Waals surface area contributed by atoms with Crippen molar-refractivity contribution in [2.45, 2.75) is 19.8 Å². The molecule has 20 heavy (non-hydrogen) atoms. The normalized spacial score (nSPS) is 24.9. The van der Waals surface area contributed by atoms with Gasteiger partial charge >= 0.3 is 0 Å². The van der Waals surface area contributed by atoms with Crippen LogP contribution >= 0.6 is 28.1 Å². The lowest BCUT2D eigenvalue weighted by Crippen LogP contribution is -2.54. The molecular formula is C13H13BrF2N2OS. The van der Waals surface area contributed by atoms with Gasteiger partial charge in [-0.2, -0.15) is 0 Å². The molecule has 0 saturated heterocycles. The molecule has 108 valence electrons. The molecule has 0 heterocycles. The Kier molecular flexibility index (Phi) is 4.11. The topological polar surface area (TPSA) is 55.1 Å². The van der Waals surface area contributed by atoms with Crippen LogP contribution in [0.15, 0.2) is 16.6 Å². The summed E-state index contributed by atoms with van der Waals surface area (Å²) in [5.74, 6) is -1.95. The number of anilines is 1. The largest absolute Gasteiger partial charge is 0.392 e. The predicted molar refractivity (Wildman–Crippen MR) is 80.3 cm³/mol. The molecule has 3 nitrogen and oxygen atoms in total. The number of amides is 1. The Morgan fingerprint density at radius 3 is 2.35 bits per heavy atom. The van der Waals surface area contributed by atoms with Crippen LogP contribution in [-0.4, -0.2) is 10.9 Å². The minimum absolute atomic E-state index is 0.0611. The van der Waals surface area contributed by atoms with Crippen molar-refractivity contribution in [1.29, 1.82) is 0 Å².